The maximum absolute atomic E-state index is 12.8. The summed E-state index contributed by atoms with van der Waals surface area (Å²) in [7, 11) is 0. The minimum atomic E-state index is -0.118. The van der Waals surface area contributed by atoms with Gasteiger partial charge >= 0.3 is 0 Å². The van der Waals surface area contributed by atoms with E-state index in [9.17, 15) is 9.90 Å². The molecule has 2 N–H and O–H groups in total. The summed E-state index contributed by atoms with van der Waals surface area (Å²) in [4.78, 5) is 33.3. The highest BCUT2D eigenvalue weighted by atomic mass is 16.3. The number of rotatable bonds is 6. The molecule has 8 heteroatoms. The van der Waals surface area contributed by atoms with Crippen molar-refractivity contribution < 1.29 is 9.90 Å². The van der Waals surface area contributed by atoms with Gasteiger partial charge in [-0.1, -0.05) is 12.7 Å². The third kappa shape index (κ3) is 3.67. The number of anilines is 1. The number of hydrogen-bond acceptors (Lipinski definition) is 6. The lowest BCUT2D eigenvalue weighted by Crippen LogP contribution is -2.49. The summed E-state index contributed by atoms with van der Waals surface area (Å²) in [6.45, 7) is 8.71. The Balaban J connectivity index is 1.45. The van der Waals surface area contributed by atoms with E-state index >= 15 is 0 Å². The number of hydrogen-bond donors (Lipinski definition) is 2. The number of imidazole rings is 1. The molecule has 4 rings (SSSR count). The molecule has 2 aromatic heterocycles. The van der Waals surface area contributed by atoms with E-state index in [0.717, 1.165) is 36.7 Å². The first-order valence-corrected chi connectivity index (χ1v) is 9.95. The fourth-order valence-corrected chi connectivity index (χ4v) is 3.97. The van der Waals surface area contributed by atoms with Crippen molar-refractivity contribution in [3.8, 4) is 0 Å². The van der Waals surface area contributed by atoms with Crippen LogP contribution in [0.15, 0.2) is 25.0 Å². The number of aromatic nitrogens is 4. The van der Waals surface area contributed by atoms with Crippen molar-refractivity contribution in [2.45, 2.75) is 19.3 Å². The molecule has 0 saturated carbocycles. The molecule has 0 bridgehead atoms. The van der Waals surface area contributed by atoms with Crippen LogP contribution in [-0.4, -0.2) is 68.6 Å². The Morgan fingerprint density at radius 3 is 2.83 bits per heavy atom. The van der Waals surface area contributed by atoms with Gasteiger partial charge in [0, 0.05) is 57.0 Å². The molecule has 29 heavy (non-hydrogen) atoms. The van der Waals surface area contributed by atoms with E-state index in [2.05, 4.69) is 31.4 Å². The van der Waals surface area contributed by atoms with Crippen LogP contribution in [0.3, 0.4) is 0 Å². The van der Waals surface area contributed by atoms with E-state index in [1.54, 1.807) is 23.4 Å². The van der Waals surface area contributed by atoms with Crippen molar-refractivity contribution in [2.24, 2.45) is 5.92 Å². The lowest BCUT2D eigenvalue weighted by molar-refractivity contribution is 0.0587. The standard InChI is InChI=1S/C21H26N6O2/c1-3-5-17-16(4-2)24-19(25-17)21(29)27-11-15(12-27)18-20(23-8-7-22-18)26-9-6-14(10-26)13-28/h3-5,7-8,14-15,28H,2,6,9-13H2,1H3,(H,24,25)/b5-3-. The second kappa shape index (κ2) is 8.16. The van der Waals surface area contributed by atoms with Crippen LogP contribution in [-0.2, 0) is 0 Å². The first kappa shape index (κ1) is 19.3. The molecule has 152 valence electrons. The minimum absolute atomic E-state index is 0.118. The Morgan fingerprint density at radius 2 is 2.14 bits per heavy atom. The molecule has 1 atom stereocenters. The smallest absolute Gasteiger partial charge is 0.289 e. The van der Waals surface area contributed by atoms with E-state index in [1.807, 2.05) is 19.1 Å². The van der Waals surface area contributed by atoms with E-state index in [4.69, 9.17) is 0 Å². The average molecular weight is 394 g/mol. The predicted octanol–water partition coefficient (Wildman–Crippen LogP) is 1.93. The Morgan fingerprint density at radius 1 is 1.34 bits per heavy atom. The quantitative estimate of drug-likeness (QED) is 0.777. The van der Waals surface area contributed by atoms with Crippen LogP contribution in [0.25, 0.3) is 12.2 Å². The van der Waals surface area contributed by atoms with Gasteiger partial charge in [0.1, 0.15) is 0 Å². The first-order chi connectivity index (χ1) is 14.1. The Bertz CT molecular complexity index is 931. The molecule has 4 heterocycles. The fraction of sp³-hybridized carbons (Fsp3) is 0.429. The molecule has 8 nitrogen and oxygen atoms in total. The van der Waals surface area contributed by atoms with Gasteiger partial charge in [-0.05, 0) is 25.5 Å². The molecule has 0 aromatic carbocycles. The molecule has 0 radical (unpaired) electrons. The Labute approximate surface area is 170 Å². The Hall–Kier alpha value is -3.00. The van der Waals surface area contributed by atoms with Gasteiger partial charge in [0.25, 0.3) is 5.91 Å². The summed E-state index contributed by atoms with van der Waals surface area (Å²) in [5, 5.41) is 9.42. The van der Waals surface area contributed by atoms with Crippen LogP contribution in [0.4, 0.5) is 5.82 Å². The van der Waals surface area contributed by atoms with E-state index in [0.29, 0.717) is 24.6 Å². The van der Waals surface area contributed by atoms with Crippen LogP contribution in [0.5, 0.6) is 0 Å². The van der Waals surface area contributed by atoms with Crippen LogP contribution >= 0.6 is 0 Å². The molecule has 2 saturated heterocycles. The molecule has 2 aliphatic rings. The number of likely N-dealkylation sites (tertiary alicyclic amines) is 1. The Kier molecular flexibility index (Phi) is 5.44. The number of amides is 1. The topological polar surface area (TPSA) is 98.2 Å². The van der Waals surface area contributed by atoms with Crippen molar-refractivity contribution in [2.75, 3.05) is 37.7 Å². The lowest BCUT2D eigenvalue weighted by Gasteiger charge is -2.39. The number of aromatic amines is 1. The van der Waals surface area contributed by atoms with Crippen LogP contribution in [0.1, 0.15) is 47.0 Å². The molecule has 2 aliphatic heterocycles. The largest absolute Gasteiger partial charge is 0.396 e. The number of allylic oxidation sites excluding steroid dienone is 1. The number of nitrogens with zero attached hydrogens (tertiary/aromatic N) is 5. The number of carbonyl (C=O) groups excluding carboxylic acids is 1. The lowest BCUT2D eigenvalue weighted by atomic mass is 9.95. The summed E-state index contributed by atoms with van der Waals surface area (Å²) in [5.74, 6) is 1.53. The van der Waals surface area contributed by atoms with Crippen molar-refractivity contribution >= 4 is 23.9 Å². The van der Waals surface area contributed by atoms with Gasteiger partial charge in [0.15, 0.2) is 11.6 Å². The predicted molar refractivity (Wildman–Crippen MR) is 111 cm³/mol. The molecular weight excluding hydrogens is 368 g/mol. The van der Waals surface area contributed by atoms with Gasteiger partial charge in [-0.3, -0.25) is 9.78 Å². The number of H-pyrrole nitrogens is 1. The molecule has 0 spiro atoms. The SMILES string of the molecule is C=Cc1nc(C(=O)N2CC(c3nccnc3N3CCC(CO)C3)C2)[nH]c1/C=C\C. The summed E-state index contributed by atoms with van der Waals surface area (Å²) >= 11 is 0. The molecule has 1 amide bonds. The fourth-order valence-electron chi connectivity index (χ4n) is 3.97. The summed E-state index contributed by atoms with van der Waals surface area (Å²) in [6, 6.07) is 0. The van der Waals surface area contributed by atoms with Crippen molar-refractivity contribution in [1.82, 2.24) is 24.8 Å². The normalized spacial score (nSPS) is 19.7. The highest BCUT2D eigenvalue weighted by Crippen LogP contribution is 2.33. The van der Waals surface area contributed by atoms with Crippen molar-refractivity contribution in [1.29, 1.82) is 0 Å². The third-order valence-corrected chi connectivity index (χ3v) is 5.60. The number of aliphatic hydroxyl groups excluding tert-OH is 1. The zero-order chi connectivity index (χ0) is 20.4. The zero-order valence-corrected chi connectivity index (χ0v) is 16.6. The van der Waals surface area contributed by atoms with Gasteiger partial charge in [0.05, 0.1) is 17.1 Å². The second-order valence-corrected chi connectivity index (χ2v) is 7.54. The minimum Gasteiger partial charge on any atom is -0.396 e. The van der Waals surface area contributed by atoms with Crippen LogP contribution in [0.2, 0.25) is 0 Å². The number of aliphatic hydroxyl groups is 1. The molecular formula is C21H26N6O2. The molecule has 0 aliphatic carbocycles. The molecule has 2 fully saturated rings. The highest BCUT2D eigenvalue weighted by molar-refractivity contribution is 5.92. The summed E-state index contributed by atoms with van der Waals surface area (Å²) in [6.07, 6.45) is 9.78. The van der Waals surface area contributed by atoms with Gasteiger partial charge in [0.2, 0.25) is 0 Å². The zero-order valence-electron chi connectivity index (χ0n) is 16.6. The monoisotopic (exact) mass is 394 g/mol. The number of nitrogens with one attached hydrogen (secondary N) is 1. The third-order valence-electron chi connectivity index (χ3n) is 5.60. The first-order valence-electron chi connectivity index (χ1n) is 9.95. The van der Waals surface area contributed by atoms with E-state index in [-0.39, 0.29) is 24.3 Å². The van der Waals surface area contributed by atoms with E-state index < -0.39 is 0 Å². The van der Waals surface area contributed by atoms with Crippen LogP contribution < -0.4 is 4.90 Å². The summed E-state index contributed by atoms with van der Waals surface area (Å²) in [5.41, 5.74) is 2.38. The van der Waals surface area contributed by atoms with E-state index in [1.165, 1.54) is 0 Å². The molecule has 1 unspecified atom stereocenters. The van der Waals surface area contributed by atoms with Gasteiger partial charge < -0.3 is 19.9 Å². The van der Waals surface area contributed by atoms with Gasteiger partial charge in [-0.2, -0.15) is 0 Å². The second-order valence-electron chi connectivity index (χ2n) is 7.54. The van der Waals surface area contributed by atoms with Gasteiger partial charge in [-0.25, -0.2) is 9.97 Å². The number of carbonyl (C=O) groups is 1. The van der Waals surface area contributed by atoms with Gasteiger partial charge in [-0.15, -0.1) is 0 Å². The van der Waals surface area contributed by atoms with Crippen LogP contribution in [0, 0.1) is 5.92 Å². The molecule has 2 aromatic rings. The summed E-state index contributed by atoms with van der Waals surface area (Å²) < 4.78 is 0. The maximum atomic E-state index is 12.8. The highest BCUT2D eigenvalue weighted by Gasteiger charge is 2.37. The van der Waals surface area contributed by atoms with Crippen molar-refractivity contribution in [3.05, 3.63) is 48.0 Å². The average Bonchev–Trinajstić information content (AvgIpc) is 3.34. The van der Waals surface area contributed by atoms with Crippen molar-refractivity contribution in [3.63, 3.8) is 0 Å². The maximum Gasteiger partial charge on any atom is 0.289 e.